The summed E-state index contributed by atoms with van der Waals surface area (Å²) in [6.45, 7) is 9.19. The number of carbonyl (C=O) groups is 1. The van der Waals surface area contributed by atoms with E-state index in [-0.39, 0.29) is 11.9 Å². The van der Waals surface area contributed by atoms with Crippen LogP contribution < -0.4 is 5.32 Å². The number of hydrogen-bond acceptors (Lipinski definition) is 2. The molecule has 3 nitrogen and oxygen atoms in total. The van der Waals surface area contributed by atoms with E-state index in [1.54, 1.807) is 0 Å². The van der Waals surface area contributed by atoms with Gasteiger partial charge in [-0.3, -0.25) is 4.79 Å². The highest BCUT2D eigenvalue weighted by atomic mass is 79.9. The zero-order valence-electron chi connectivity index (χ0n) is 13.2. The van der Waals surface area contributed by atoms with Crippen molar-refractivity contribution in [2.45, 2.75) is 39.7 Å². The van der Waals surface area contributed by atoms with Gasteiger partial charge in [-0.1, -0.05) is 15.9 Å². The van der Waals surface area contributed by atoms with Gasteiger partial charge in [0.1, 0.15) is 0 Å². The van der Waals surface area contributed by atoms with E-state index < -0.39 is 0 Å². The fourth-order valence-corrected chi connectivity index (χ4v) is 3.08. The lowest BCUT2D eigenvalue weighted by Crippen LogP contribution is -2.44. The molecule has 4 heteroatoms. The molecule has 0 aromatic heterocycles. The molecular formula is C17H25BrN2O. The van der Waals surface area contributed by atoms with Gasteiger partial charge in [0.25, 0.3) is 5.91 Å². The van der Waals surface area contributed by atoms with E-state index in [1.165, 1.54) is 12.8 Å². The number of halogens is 1. The molecule has 1 saturated heterocycles. The second-order valence-electron chi connectivity index (χ2n) is 6.23. The number of piperidine rings is 1. The molecule has 1 unspecified atom stereocenters. The number of aryl methyl sites for hydroxylation is 1. The Labute approximate surface area is 136 Å². The SMILES string of the molecule is Cc1cc(C(=O)N(CC2CCCNC2)C(C)C)ccc1Br. The van der Waals surface area contributed by atoms with Gasteiger partial charge in [0.15, 0.2) is 0 Å². The highest BCUT2D eigenvalue weighted by Gasteiger charge is 2.24. The summed E-state index contributed by atoms with van der Waals surface area (Å²) in [6, 6.07) is 6.07. The van der Waals surface area contributed by atoms with Crippen LogP contribution in [0.15, 0.2) is 22.7 Å². The van der Waals surface area contributed by atoms with Crippen LogP contribution >= 0.6 is 15.9 Å². The second-order valence-corrected chi connectivity index (χ2v) is 7.08. The van der Waals surface area contributed by atoms with E-state index in [1.807, 2.05) is 30.0 Å². The molecule has 1 atom stereocenters. The van der Waals surface area contributed by atoms with Crippen LogP contribution in [0.1, 0.15) is 42.6 Å². The van der Waals surface area contributed by atoms with Gasteiger partial charge in [-0.25, -0.2) is 0 Å². The Balaban J connectivity index is 2.12. The van der Waals surface area contributed by atoms with Crippen molar-refractivity contribution in [1.29, 1.82) is 0 Å². The Morgan fingerprint density at radius 3 is 2.81 bits per heavy atom. The van der Waals surface area contributed by atoms with E-state index >= 15 is 0 Å². The molecule has 0 spiro atoms. The largest absolute Gasteiger partial charge is 0.336 e. The Hall–Kier alpha value is -0.870. The summed E-state index contributed by atoms with van der Waals surface area (Å²) in [7, 11) is 0. The first-order chi connectivity index (χ1) is 9.99. The quantitative estimate of drug-likeness (QED) is 0.897. The van der Waals surface area contributed by atoms with Crippen LogP contribution in [0.5, 0.6) is 0 Å². The van der Waals surface area contributed by atoms with Gasteiger partial charge < -0.3 is 10.2 Å². The standard InChI is InChI=1S/C17H25BrN2O/c1-12(2)20(11-14-5-4-8-19-10-14)17(21)15-6-7-16(18)13(3)9-15/h6-7,9,12,14,19H,4-5,8,10-11H2,1-3H3. The predicted octanol–water partition coefficient (Wildman–Crippen LogP) is 3.61. The summed E-state index contributed by atoms with van der Waals surface area (Å²) in [5.74, 6) is 0.716. The zero-order valence-corrected chi connectivity index (χ0v) is 14.7. The monoisotopic (exact) mass is 352 g/mol. The minimum absolute atomic E-state index is 0.145. The first-order valence-electron chi connectivity index (χ1n) is 7.77. The molecule has 0 radical (unpaired) electrons. The first kappa shape index (κ1) is 16.5. The Bertz CT molecular complexity index is 496. The van der Waals surface area contributed by atoms with Crippen molar-refractivity contribution in [3.63, 3.8) is 0 Å². The highest BCUT2D eigenvalue weighted by molar-refractivity contribution is 9.10. The van der Waals surface area contributed by atoms with E-state index in [4.69, 9.17) is 0 Å². The lowest BCUT2D eigenvalue weighted by atomic mass is 9.98. The molecule has 1 aliphatic rings. The summed E-state index contributed by atoms with van der Waals surface area (Å²) in [6.07, 6.45) is 2.42. The molecule has 0 aliphatic carbocycles. The maximum atomic E-state index is 12.8. The Morgan fingerprint density at radius 2 is 2.24 bits per heavy atom. The van der Waals surface area contributed by atoms with Crippen LogP contribution in [0, 0.1) is 12.8 Å². The molecule has 1 aliphatic heterocycles. The smallest absolute Gasteiger partial charge is 0.254 e. The molecular weight excluding hydrogens is 328 g/mol. The van der Waals surface area contributed by atoms with Crippen LogP contribution in [-0.4, -0.2) is 36.5 Å². The first-order valence-corrected chi connectivity index (χ1v) is 8.56. The summed E-state index contributed by atoms with van der Waals surface area (Å²) < 4.78 is 1.05. The lowest BCUT2D eigenvalue weighted by Gasteiger charge is -2.33. The molecule has 21 heavy (non-hydrogen) atoms. The number of carbonyl (C=O) groups excluding carboxylic acids is 1. The lowest BCUT2D eigenvalue weighted by molar-refractivity contribution is 0.0661. The zero-order chi connectivity index (χ0) is 15.4. The molecule has 116 valence electrons. The number of rotatable bonds is 4. The second kappa shape index (κ2) is 7.41. The van der Waals surface area contributed by atoms with Gasteiger partial charge in [0.05, 0.1) is 0 Å². The van der Waals surface area contributed by atoms with E-state index in [0.717, 1.165) is 35.2 Å². The minimum Gasteiger partial charge on any atom is -0.336 e. The summed E-state index contributed by atoms with van der Waals surface area (Å²) in [5, 5.41) is 3.43. The van der Waals surface area contributed by atoms with Crippen LogP contribution in [0.2, 0.25) is 0 Å². The summed E-state index contributed by atoms with van der Waals surface area (Å²) in [4.78, 5) is 14.8. The van der Waals surface area contributed by atoms with E-state index in [0.29, 0.717) is 5.92 Å². The van der Waals surface area contributed by atoms with Crippen molar-refractivity contribution in [3.8, 4) is 0 Å². The molecule has 1 fully saturated rings. The molecule has 1 N–H and O–H groups in total. The molecule has 0 bridgehead atoms. The van der Waals surface area contributed by atoms with Gasteiger partial charge in [-0.05, 0) is 76.4 Å². The third-order valence-corrected chi connectivity index (χ3v) is 5.03. The maximum absolute atomic E-state index is 12.8. The van der Waals surface area contributed by atoms with Crippen molar-refractivity contribution < 1.29 is 4.79 Å². The van der Waals surface area contributed by atoms with Crippen LogP contribution in [0.4, 0.5) is 0 Å². The number of nitrogens with zero attached hydrogens (tertiary/aromatic N) is 1. The molecule has 0 saturated carbocycles. The molecule has 1 aromatic carbocycles. The molecule has 1 heterocycles. The third-order valence-electron chi connectivity index (χ3n) is 4.14. The van der Waals surface area contributed by atoms with E-state index in [9.17, 15) is 4.79 Å². The fourth-order valence-electron chi connectivity index (χ4n) is 2.83. The fraction of sp³-hybridized carbons (Fsp3) is 0.588. The van der Waals surface area contributed by atoms with Gasteiger partial charge in [-0.2, -0.15) is 0 Å². The van der Waals surface area contributed by atoms with Gasteiger partial charge in [-0.15, -0.1) is 0 Å². The normalized spacial score (nSPS) is 18.8. The molecule has 2 rings (SSSR count). The topological polar surface area (TPSA) is 32.3 Å². The third kappa shape index (κ3) is 4.30. The Kier molecular flexibility index (Phi) is 5.82. The van der Waals surface area contributed by atoms with E-state index in [2.05, 4.69) is 35.1 Å². The maximum Gasteiger partial charge on any atom is 0.254 e. The minimum atomic E-state index is 0.145. The molecule has 1 aromatic rings. The van der Waals surface area contributed by atoms with Crippen molar-refractivity contribution in [1.82, 2.24) is 10.2 Å². The van der Waals surface area contributed by atoms with Gasteiger partial charge in [0, 0.05) is 22.6 Å². The van der Waals surface area contributed by atoms with Crippen LogP contribution in [0.3, 0.4) is 0 Å². The Morgan fingerprint density at radius 1 is 1.48 bits per heavy atom. The summed E-state index contributed by atoms with van der Waals surface area (Å²) >= 11 is 3.49. The number of hydrogen-bond donors (Lipinski definition) is 1. The summed E-state index contributed by atoms with van der Waals surface area (Å²) in [5.41, 5.74) is 1.89. The van der Waals surface area contributed by atoms with Crippen LogP contribution in [0.25, 0.3) is 0 Å². The predicted molar refractivity (Wildman–Crippen MR) is 90.6 cm³/mol. The number of benzene rings is 1. The van der Waals surface area contributed by atoms with Crippen molar-refractivity contribution in [2.24, 2.45) is 5.92 Å². The average molecular weight is 353 g/mol. The van der Waals surface area contributed by atoms with Crippen LogP contribution in [-0.2, 0) is 0 Å². The van der Waals surface area contributed by atoms with Crippen molar-refractivity contribution >= 4 is 21.8 Å². The number of nitrogens with one attached hydrogen (secondary N) is 1. The highest BCUT2D eigenvalue weighted by Crippen LogP contribution is 2.20. The van der Waals surface area contributed by atoms with Gasteiger partial charge in [0.2, 0.25) is 0 Å². The van der Waals surface area contributed by atoms with Crippen molar-refractivity contribution in [2.75, 3.05) is 19.6 Å². The average Bonchev–Trinajstić information content (AvgIpc) is 2.47. The number of amides is 1. The van der Waals surface area contributed by atoms with Crippen molar-refractivity contribution in [3.05, 3.63) is 33.8 Å². The van der Waals surface area contributed by atoms with Gasteiger partial charge >= 0.3 is 0 Å². The molecule has 1 amide bonds.